The number of hydrogen-bond acceptors (Lipinski definition) is 2. The molecule has 2 aromatic heterocycles. The molecule has 0 saturated carbocycles. The van der Waals surface area contributed by atoms with Crippen molar-refractivity contribution in [1.29, 1.82) is 0 Å². The summed E-state index contributed by atoms with van der Waals surface area (Å²) in [7, 11) is 0. The standard InChI is InChI=1S/C23H16ClN2OS.BrH/c1-15(27)21-22(16-11-13-17(24)14-12-16)25(18-7-3-2-4-8-18)23-26(21)19-9-5-6-10-20(19)28-23;/h2-14H,1H3;1H/q+1;/p-1. The molecule has 0 aliphatic carbocycles. The number of rotatable bonds is 3. The largest absolute Gasteiger partial charge is 1.00 e. The number of ketones is 1. The lowest BCUT2D eigenvalue weighted by Crippen LogP contribution is -3.00. The Kier molecular flexibility index (Phi) is 5.30. The number of para-hydroxylation sites is 2. The van der Waals surface area contributed by atoms with Crippen molar-refractivity contribution in [2.75, 3.05) is 0 Å². The Morgan fingerprint density at radius 2 is 1.59 bits per heavy atom. The van der Waals surface area contributed by atoms with Crippen molar-refractivity contribution in [3.05, 3.63) is 89.6 Å². The van der Waals surface area contributed by atoms with Crippen molar-refractivity contribution in [3.63, 3.8) is 0 Å². The Balaban J connectivity index is 0.00000205. The lowest BCUT2D eigenvalue weighted by atomic mass is 10.1. The number of fused-ring (bicyclic) bond motifs is 3. The monoisotopic (exact) mass is 482 g/mol. The topological polar surface area (TPSA) is 26.1 Å². The third-order valence-electron chi connectivity index (χ3n) is 4.83. The Morgan fingerprint density at radius 3 is 2.28 bits per heavy atom. The molecule has 0 atom stereocenters. The van der Waals surface area contributed by atoms with E-state index >= 15 is 0 Å². The summed E-state index contributed by atoms with van der Waals surface area (Å²) < 4.78 is 5.40. The van der Waals surface area contributed by atoms with E-state index in [4.69, 9.17) is 11.6 Å². The predicted octanol–water partition coefficient (Wildman–Crippen LogP) is 2.96. The van der Waals surface area contributed by atoms with Crippen molar-refractivity contribution in [3.8, 4) is 16.9 Å². The first-order valence-corrected chi connectivity index (χ1v) is 10.1. The molecule has 0 saturated heterocycles. The summed E-state index contributed by atoms with van der Waals surface area (Å²) in [5.41, 5.74) is 4.58. The van der Waals surface area contributed by atoms with Gasteiger partial charge in [0.15, 0.2) is 11.2 Å². The van der Waals surface area contributed by atoms with Gasteiger partial charge in [0.25, 0.3) is 0 Å². The zero-order valence-corrected chi connectivity index (χ0v) is 18.6. The van der Waals surface area contributed by atoms with Gasteiger partial charge in [-0.3, -0.25) is 4.79 Å². The second-order valence-electron chi connectivity index (χ2n) is 6.62. The van der Waals surface area contributed by atoms with Gasteiger partial charge in [0.05, 0.1) is 4.70 Å². The van der Waals surface area contributed by atoms with Gasteiger partial charge in [-0.25, -0.2) is 0 Å². The maximum Gasteiger partial charge on any atom is 0.353 e. The van der Waals surface area contributed by atoms with Crippen LogP contribution in [0.1, 0.15) is 17.4 Å². The van der Waals surface area contributed by atoms with Crippen molar-refractivity contribution >= 4 is 43.9 Å². The summed E-state index contributed by atoms with van der Waals surface area (Å²) in [6.45, 7) is 1.63. The minimum absolute atomic E-state index is 0. The highest BCUT2D eigenvalue weighted by molar-refractivity contribution is 7.23. The highest BCUT2D eigenvalue weighted by Crippen LogP contribution is 2.34. The fraction of sp³-hybridized carbons (Fsp3) is 0.0435. The number of thiazole rings is 1. The van der Waals surface area contributed by atoms with Crippen LogP contribution in [0.3, 0.4) is 0 Å². The minimum atomic E-state index is 0. The van der Waals surface area contributed by atoms with Crippen LogP contribution in [0.25, 0.3) is 32.1 Å². The van der Waals surface area contributed by atoms with E-state index in [0.717, 1.165) is 32.1 Å². The predicted molar refractivity (Wildman–Crippen MR) is 115 cm³/mol. The van der Waals surface area contributed by atoms with Crippen LogP contribution < -0.4 is 21.4 Å². The molecular weight excluding hydrogens is 468 g/mol. The van der Waals surface area contributed by atoms with Crippen LogP contribution in [0.5, 0.6) is 0 Å². The first kappa shape index (κ1) is 19.8. The number of halogens is 2. The van der Waals surface area contributed by atoms with Crippen LogP contribution in [0.4, 0.5) is 0 Å². The Bertz CT molecular complexity index is 1340. The number of imidazole rings is 1. The molecule has 0 N–H and O–H groups in total. The normalized spacial score (nSPS) is 11.0. The molecule has 6 heteroatoms. The van der Waals surface area contributed by atoms with Gasteiger partial charge in [0.1, 0.15) is 5.69 Å². The molecule has 0 unspecified atom stereocenters. The number of hydrogen-bond donors (Lipinski definition) is 0. The maximum atomic E-state index is 12.9. The highest BCUT2D eigenvalue weighted by atomic mass is 79.9. The molecule has 3 aromatic carbocycles. The number of carbonyl (C=O) groups is 1. The second-order valence-corrected chi connectivity index (χ2v) is 8.06. The van der Waals surface area contributed by atoms with Gasteiger partial charge in [-0.15, -0.1) is 0 Å². The molecule has 144 valence electrons. The van der Waals surface area contributed by atoms with Crippen LogP contribution in [0.2, 0.25) is 5.02 Å². The zero-order valence-electron chi connectivity index (χ0n) is 15.5. The highest BCUT2D eigenvalue weighted by Gasteiger charge is 2.34. The maximum absolute atomic E-state index is 12.9. The first-order valence-electron chi connectivity index (χ1n) is 8.95. The van der Waals surface area contributed by atoms with Crippen molar-refractivity contribution in [2.24, 2.45) is 0 Å². The molecule has 0 bridgehead atoms. The number of carbonyl (C=O) groups excluding carboxylic acids is 1. The molecule has 0 radical (unpaired) electrons. The minimum Gasteiger partial charge on any atom is -1.00 e. The average molecular weight is 484 g/mol. The smallest absolute Gasteiger partial charge is 0.353 e. The Labute approximate surface area is 187 Å². The van der Waals surface area contributed by atoms with Crippen LogP contribution in [0.15, 0.2) is 78.9 Å². The van der Waals surface area contributed by atoms with Gasteiger partial charge in [0.2, 0.25) is 11.5 Å². The molecule has 2 heterocycles. The van der Waals surface area contributed by atoms with E-state index in [2.05, 4.69) is 33.2 Å². The van der Waals surface area contributed by atoms with E-state index in [1.165, 1.54) is 0 Å². The molecule has 5 aromatic rings. The second kappa shape index (κ2) is 7.75. The van der Waals surface area contributed by atoms with E-state index in [0.29, 0.717) is 10.7 Å². The van der Waals surface area contributed by atoms with Gasteiger partial charge in [-0.05, 0) is 59.9 Å². The zero-order chi connectivity index (χ0) is 19.3. The van der Waals surface area contributed by atoms with Gasteiger partial charge in [0, 0.05) is 17.5 Å². The van der Waals surface area contributed by atoms with E-state index < -0.39 is 0 Å². The molecule has 5 rings (SSSR count). The lowest BCUT2D eigenvalue weighted by Gasteiger charge is -2.04. The quantitative estimate of drug-likeness (QED) is 0.286. The molecule has 0 aliphatic heterocycles. The molecule has 0 spiro atoms. The van der Waals surface area contributed by atoms with Gasteiger partial charge in [-0.2, -0.15) is 8.97 Å². The number of nitrogens with zero attached hydrogens (tertiary/aromatic N) is 2. The number of benzene rings is 3. The molecule has 0 aliphatic rings. The SMILES string of the molecule is CC(=O)c1c(-c2ccc(Cl)cc2)n(-c2ccccc2)c2sc3ccccc3[n+]12.[Br-]. The Hall–Kier alpha value is -2.47. The van der Waals surface area contributed by atoms with Gasteiger partial charge >= 0.3 is 4.96 Å². The average Bonchev–Trinajstić information content (AvgIpc) is 3.23. The summed E-state index contributed by atoms with van der Waals surface area (Å²) in [6.07, 6.45) is 0. The molecule has 0 fully saturated rings. The van der Waals surface area contributed by atoms with Crippen LogP contribution in [0, 0.1) is 0 Å². The molecule has 29 heavy (non-hydrogen) atoms. The molecule has 3 nitrogen and oxygen atoms in total. The fourth-order valence-corrected chi connectivity index (χ4v) is 4.96. The fourth-order valence-electron chi connectivity index (χ4n) is 3.66. The van der Waals surface area contributed by atoms with Crippen molar-refractivity contribution in [1.82, 2.24) is 4.57 Å². The van der Waals surface area contributed by atoms with Gasteiger partial charge < -0.3 is 17.0 Å². The number of Topliss-reactive ketones (excluding diaryl/α,β-unsaturated/α-hetero) is 1. The van der Waals surface area contributed by atoms with E-state index in [-0.39, 0.29) is 22.8 Å². The summed E-state index contributed by atoms with van der Waals surface area (Å²) in [4.78, 5) is 13.9. The summed E-state index contributed by atoms with van der Waals surface area (Å²) >= 11 is 7.80. The molecule has 0 amide bonds. The summed E-state index contributed by atoms with van der Waals surface area (Å²) in [5, 5.41) is 0.672. The summed E-state index contributed by atoms with van der Waals surface area (Å²) in [6, 6.07) is 26.0. The number of aromatic nitrogens is 2. The van der Waals surface area contributed by atoms with Crippen LogP contribution in [-0.4, -0.2) is 10.4 Å². The third-order valence-corrected chi connectivity index (χ3v) is 6.19. The van der Waals surface area contributed by atoms with Crippen molar-refractivity contribution < 1.29 is 26.2 Å². The van der Waals surface area contributed by atoms with Crippen LogP contribution >= 0.6 is 22.9 Å². The van der Waals surface area contributed by atoms with E-state index in [1.807, 2.05) is 54.6 Å². The van der Waals surface area contributed by atoms with Crippen molar-refractivity contribution in [2.45, 2.75) is 6.92 Å². The van der Waals surface area contributed by atoms with E-state index in [1.54, 1.807) is 18.3 Å². The molecular formula is C23H16BrClN2OS. The van der Waals surface area contributed by atoms with Crippen LogP contribution in [-0.2, 0) is 0 Å². The van der Waals surface area contributed by atoms with E-state index in [9.17, 15) is 4.79 Å². The van der Waals surface area contributed by atoms with Gasteiger partial charge in [-0.1, -0.05) is 41.9 Å². The summed E-state index contributed by atoms with van der Waals surface area (Å²) in [5.74, 6) is 0.0261. The third kappa shape index (κ3) is 3.19. The first-order chi connectivity index (χ1) is 13.6. The lowest BCUT2D eigenvalue weighted by molar-refractivity contribution is -0.478. The Morgan fingerprint density at radius 1 is 0.931 bits per heavy atom.